The molecular weight excluding hydrogens is 1060 g/mol. The third kappa shape index (κ3) is 17.1. The van der Waals surface area contributed by atoms with Crippen molar-refractivity contribution >= 4 is 68.4 Å². The lowest BCUT2D eigenvalue weighted by molar-refractivity contribution is -0.134. The fraction of sp³-hybridized carbons (Fsp3) is 0.471. The van der Waals surface area contributed by atoms with Gasteiger partial charge in [0, 0.05) is 97.4 Å². The highest BCUT2D eigenvalue weighted by molar-refractivity contribution is 6.31. The molecule has 4 saturated heterocycles. The molecule has 436 valence electrons. The van der Waals surface area contributed by atoms with Gasteiger partial charge in [0.25, 0.3) is 11.8 Å². The van der Waals surface area contributed by atoms with E-state index in [0.717, 1.165) is 112 Å². The van der Waals surface area contributed by atoms with Crippen molar-refractivity contribution in [1.82, 2.24) is 40.9 Å². The molecule has 82 heavy (non-hydrogen) atoms. The summed E-state index contributed by atoms with van der Waals surface area (Å²) in [5.41, 5.74) is 3.82. The number of fused-ring (bicyclic) bond motifs is 2. The lowest BCUT2D eigenvalue weighted by atomic mass is 9.95. The number of likely N-dealkylation sites (tertiary alicyclic amines) is 2. The number of hydrogen-bond acceptors (Lipinski definition) is 8. The molecule has 12 nitrogen and oxygen atoms in total. The first kappa shape index (κ1) is 60.7. The summed E-state index contributed by atoms with van der Waals surface area (Å²) in [7, 11) is 0. The van der Waals surface area contributed by atoms with Gasteiger partial charge in [-0.15, -0.1) is 0 Å². The Morgan fingerprint density at radius 2 is 0.878 bits per heavy atom. The minimum Gasteiger partial charge on any atom is -0.350 e. The van der Waals surface area contributed by atoms with Crippen LogP contribution in [0.2, 0.25) is 10.0 Å². The van der Waals surface area contributed by atoms with E-state index in [4.69, 9.17) is 23.2 Å². The molecular formula is C68H86Cl2N8O4. The second kappa shape index (κ2) is 30.6. The van der Waals surface area contributed by atoms with Gasteiger partial charge < -0.3 is 40.9 Å². The number of amides is 4. The SMILES string of the molecule is CC[C@@H](CN1CC[C@H](CNC(=O)c2ccc3cc(Cl)ccc3c2)N[C@@H](CCN2CCCCC2)C1=O)c1ccccc1.CC[C@H](CN1CC[C@@H](CNC(=O)c2ccc3cc(Cl)ccc3c2)N[C@H](CCN2CCCCC2)C1=O)c1ccccc1. The molecule has 6 aromatic carbocycles. The average Bonchev–Trinajstić information content (AvgIpc) is 3.80. The van der Waals surface area contributed by atoms with E-state index in [1.807, 2.05) is 84.9 Å². The number of carbonyl (C=O) groups is 4. The van der Waals surface area contributed by atoms with Crippen LogP contribution in [0, 0.1) is 0 Å². The van der Waals surface area contributed by atoms with Gasteiger partial charge in [0.1, 0.15) is 0 Å². The zero-order valence-corrected chi connectivity index (χ0v) is 49.8. The molecule has 10 rings (SSSR count). The topological polar surface area (TPSA) is 129 Å². The smallest absolute Gasteiger partial charge is 0.251 e. The highest BCUT2D eigenvalue weighted by atomic mass is 35.5. The van der Waals surface area contributed by atoms with Crippen molar-refractivity contribution in [3.8, 4) is 0 Å². The molecule has 0 radical (unpaired) electrons. The first-order valence-electron chi connectivity index (χ1n) is 30.6. The quantitative estimate of drug-likeness (QED) is 0.0595. The van der Waals surface area contributed by atoms with Crippen LogP contribution in [-0.2, 0) is 9.59 Å². The van der Waals surface area contributed by atoms with Crippen LogP contribution in [0.4, 0.5) is 0 Å². The van der Waals surface area contributed by atoms with E-state index in [-0.39, 0.29) is 47.8 Å². The summed E-state index contributed by atoms with van der Waals surface area (Å²) in [5, 5.41) is 19.0. The molecule has 0 spiro atoms. The molecule has 0 aliphatic carbocycles. The van der Waals surface area contributed by atoms with Crippen molar-refractivity contribution in [2.24, 2.45) is 0 Å². The Morgan fingerprint density at radius 3 is 1.27 bits per heavy atom. The molecule has 4 aliphatic rings. The molecule has 0 bridgehead atoms. The highest BCUT2D eigenvalue weighted by Crippen LogP contribution is 2.27. The standard InChI is InChI=1S/2C34H43ClN4O2/c2*1-2-25(26-9-5-3-6-10-26)24-39-20-15-31(37-32(34(39)41)16-19-38-17-7-4-8-18-38)23-36-33(40)29-12-11-28-22-30(35)14-13-27(28)21-29/h2*3,5-6,9-14,21-22,25,31-32,37H,2,4,7-8,15-20,23-24H2,1H3,(H,36,40)/t2*25-,31+,32-/m10/s1. The Balaban J connectivity index is 0.000000198. The lowest BCUT2D eigenvalue weighted by Gasteiger charge is -2.31. The van der Waals surface area contributed by atoms with Crippen molar-refractivity contribution in [1.29, 1.82) is 0 Å². The van der Waals surface area contributed by atoms with Crippen LogP contribution in [0.25, 0.3) is 21.5 Å². The van der Waals surface area contributed by atoms with E-state index in [2.05, 4.69) is 103 Å². The number of rotatable bonds is 20. The molecule has 4 amide bonds. The molecule has 0 saturated carbocycles. The van der Waals surface area contributed by atoms with Gasteiger partial charge in [-0.05, 0) is 172 Å². The monoisotopic (exact) mass is 1150 g/mol. The zero-order chi connectivity index (χ0) is 57.2. The predicted molar refractivity (Wildman–Crippen MR) is 335 cm³/mol. The Bertz CT molecular complexity index is 2820. The first-order valence-corrected chi connectivity index (χ1v) is 31.3. The van der Waals surface area contributed by atoms with Crippen LogP contribution in [0.15, 0.2) is 133 Å². The number of piperidine rings is 2. The van der Waals surface area contributed by atoms with Crippen LogP contribution in [0.1, 0.15) is 135 Å². The van der Waals surface area contributed by atoms with E-state index in [1.165, 1.54) is 49.7 Å². The van der Waals surface area contributed by atoms with Gasteiger partial charge >= 0.3 is 0 Å². The third-order valence-corrected chi connectivity index (χ3v) is 18.0. The minimum absolute atomic E-state index is 0.0234. The van der Waals surface area contributed by atoms with Crippen LogP contribution < -0.4 is 21.3 Å². The lowest BCUT2D eigenvalue weighted by Crippen LogP contribution is -2.50. The fourth-order valence-electron chi connectivity index (χ4n) is 12.5. The molecule has 14 heteroatoms. The van der Waals surface area contributed by atoms with Crippen molar-refractivity contribution in [2.45, 2.75) is 127 Å². The molecule has 4 aliphatic heterocycles. The summed E-state index contributed by atoms with van der Waals surface area (Å²) in [6, 6.07) is 43.4. The molecule has 0 aromatic heterocycles. The van der Waals surface area contributed by atoms with Gasteiger partial charge in [-0.3, -0.25) is 19.2 Å². The Hall–Kier alpha value is -5.86. The Labute approximate surface area is 497 Å². The molecule has 6 aromatic rings. The fourth-order valence-corrected chi connectivity index (χ4v) is 12.9. The van der Waals surface area contributed by atoms with Gasteiger partial charge in [0.05, 0.1) is 12.1 Å². The van der Waals surface area contributed by atoms with Gasteiger partial charge in [-0.25, -0.2) is 0 Å². The van der Waals surface area contributed by atoms with Gasteiger partial charge in [-0.1, -0.05) is 135 Å². The Kier molecular flexibility index (Phi) is 22.7. The summed E-state index contributed by atoms with van der Waals surface area (Å²) in [4.78, 5) is 63.2. The number of nitrogens with zero attached hydrogens (tertiary/aromatic N) is 4. The maximum atomic E-state index is 13.9. The first-order chi connectivity index (χ1) is 40.0. The summed E-state index contributed by atoms with van der Waals surface area (Å²) < 4.78 is 0. The van der Waals surface area contributed by atoms with Gasteiger partial charge in [-0.2, -0.15) is 0 Å². The number of halogens is 2. The normalized spacial score (nSPS) is 21.0. The largest absolute Gasteiger partial charge is 0.350 e. The number of hydrogen-bond donors (Lipinski definition) is 4. The second-order valence-electron chi connectivity index (χ2n) is 23.2. The third-order valence-electron chi connectivity index (χ3n) is 17.5. The molecule has 4 fully saturated rings. The van der Waals surface area contributed by atoms with Gasteiger partial charge in [0.15, 0.2) is 0 Å². The molecule has 6 atom stereocenters. The predicted octanol–water partition coefficient (Wildman–Crippen LogP) is 11.7. The van der Waals surface area contributed by atoms with Crippen molar-refractivity contribution < 1.29 is 19.2 Å². The van der Waals surface area contributed by atoms with E-state index in [1.54, 1.807) is 0 Å². The Morgan fingerprint density at radius 1 is 0.500 bits per heavy atom. The van der Waals surface area contributed by atoms with Crippen LogP contribution in [-0.4, -0.2) is 146 Å². The summed E-state index contributed by atoms with van der Waals surface area (Å²) in [5.74, 6) is 0.799. The number of carbonyl (C=O) groups excluding carboxylic acids is 4. The summed E-state index contributed by atoms with van der Waals surface area (Å²) in [6.45, 7) is 14.5. The van der Waals surface area contributed by atoms with Crippen LogP contribution in [0.3, 0.4) is 0 Å². The summed E-state index contributed by atoms with van der Waals surface area (Å²) in [6.07, 6.45) is 12.7. The van der Waals surface area contributed by atoms with E-state index >= 15 is 0 Å². The van der Waals surface area contributed by atoms with Crippen molar-refractivity contribution in [3.63, 3.8) is 0 Å². The molecule has 0 unspecified atom stereocenters. The van der Waals surface area contributed by atoms with E-state index < -0.39 is 0 Å². The van der Waals surface area contributed by atoms with Gasteiger partial charge in [0.2, 0.25) is 11.8 Å². The number of nitrogens with one attached hydrogen (secondary N) is 4. The van der Waals surface area contributed by atoms with Crippen LogP contribution in [0.5, 0.6) is 0 Å². The molecule has 4 heterocycles. The maximum absolute atomic E-state index is 13.9. The highest BCUT2D eigenvalue weighted by Gasteiger charge is 2.34. The van der Waals surface area contributed by atoms with Crippen molar-refractivity contribution in [2.75, 3.05) is 78.5 Å². The van der Waals surface area contributed by atoms with Crippen molar-refractivity contribution in [3.05, 3.63) is 166 Å². The average molecular weight is 1150 g/mol. The minimum atomic E-state index is -0.250. The summed E-state index contributed by atoms with van der Waals surface area (Å²) >= 11 is 12.2. The van der Waals surface area contributed by atoms with E-state index in [0.29, 0.717) is 59.2 Å². The van der Waals surface area contributed by atoms with E-state index in [9.17, 15) is 19.2 Å². The number of benzene rings is 6. The zero-order valence-electron chi connectivity index (χ0n) is 48.3. The van der Waals surface area contributed by atoms with Crippen LogP contribution >= 0.6 is 23.2 Å². The molecule has 4 N–H and O–H groups in total. The second-order valence-corrected chi connectivity index (χ2v) is 24.1. The maximum Gasteiger partial charge on any atom is 0.251 e.